The third-order valence-corrected chi connectivity index (χ3v) is 3.83. The highest BCUT2D eigenvalue weighted by atomic mass is 16.5. The van der Waals surface area contributed by atoms with Crippen LogP contribution in [0.2, 0.25) is 0 Å². The van der Waals surface area contributed by atoms with Crippen LogP contribution in [0.5, 0.6) is 0 Å². The molecule has 1 saturated carbocycles. The van der Waals surface area contributed by atoms with E-state index in [0.717, 1.165) is 45.2 Å². The zero-order valence-electron chi connectivity index (χ0n) is 13.3. The van der Waals surface area contributed by atoms with E-state index < -0.39 is 0 Å². The molecule has 3 nitrogen and oxygen atoms in total. The van der Waals surface area contributed by atoms with Gasteiger partial charge in [-0.25, -0.2) is 0 Å². The van der Waals surface area contributed by atoms with Gasteiger partial charge in [-0.3, -0.25) is 0 Å². The summed E-state index contributed by atoms with van der Waals surface area (Å²) in [5.74, 6) is 0.799. The molecule has 2 atom stereocenters. The van der Waals surface area contributed by atoms with Crippen molar-refractivity contribution in [2.45, 2.75) is 59.5 Å². The van der Waals surface area contributed by atoms with Gasteiger partial charge in [0.25, 0.3) is 0 Å². The second-order valence-electron chi connectivity index (χ2n) is 6.71. The van der Waals surface area contributed by atoms with Crippen LogP contribution in [0.25, 0.3) is 0 Å². The Morgan fingerprint density at radius 1 is 1.16 bits per heavy atom. The van der Waals surface area contributed by atoms with E-state index in [4.69, 9.17) is 9.47 Å². The summed E-state index contributed by atoms with van der Waals surface area (Å²) in [6.07, 6.45) is 5.32. The number of ether oxygens (including phenoxy) is 2. The predicted molar refractivity (Wildman–Crippen MR) is 80.5 cm³/mol. The van der Waals surface area contributed by atoms with Crippen molar-refractivity contribution >= 4 is 0 Å². The lowest BCUT2D eigenvalue weighted by molar-refractivity contribution is -0.0213. The third-order valence-electron chi connectivity index (χ3n) is 3.83. The Balaban J connectivity index is 2.00. The Labute approximate surface area is 119 Å². The largest absolute Gasteiger partial charge is 0.382 e. The van der Waals surface area contributed by atoms with Crippen LogP contribution < -0.4 is 5.32 Å². The normalized spacial score (nSPS) is 26.5. The van der Waals surface area contributed by atoms with E-state index in [2.05, 4.69) is 26.1 Å². The lowest BCUT2D eigenvalue weighted by Crippen LogP contribution is -2.34. The van der Waals surface area contributed by atoms with Gasteiger partial charge < -0.3 is 14.8 Å². The van der Waals surface area contributed by atoms with Crippen LogP contribution in [0.1, 0.15) is 53.4 Å². The fourth-order valence-corrected chi connectivity index (χ4v) is 3.25. The Bertz CT molecular complexity index is 231. The van der Waals surface area contributed by atoms with Crippen LogP contribution >= 0.6 is 0 Å². The van der Waals surface area contributed by atoms with Gasteiger partial charge in [0.1, 0.15) is 0 Å². The van der Waals surface area contributed by atoms with Crippen LogP contribution in [-0.4, -0.2) is 39.0 Å². The molecule has 1 N–H and O–H groups in total. The first kappa shape index (κ1) is 16.9. The SMILES string of the molecule is CCOCCCNCCOC1CC(C)CC(C)(C)C1. The molecule has 19 heavy (non-hydrogen) atoms. The minimum atomic E-state index is 0.452. The number of nitrogens with one attached hydrogen (secondary N) is 1. The highest BCUT2D eigenvalue weighted by molar-refractivity contribution is 4.83. The monoisotopic (exact) mass is 271 g/mol. The van der Waals surface area contributed by atoms with Crippen LogP contribution in [0.15, 0.2) is 0 Å². The summed E-state index contributed by atoms with van der Waals surface area (Å²) in [5.41, 5.74) is 0.452. The Kier molecular flexibility index (Phi) is 7.96. The average Bonchev–Trinajstić information content (AvgIpc) is 2.30. The first-order valence-corrected chi connectivity index (χ1v) is 7.93. The quantitative estimate of drug-likeness (QED) is 0.653. The van der Waals surface area contributed by atoms with E-state index in [0.29, 0.717) is 11.5 Å². The molecule has 1 rings (SSSR count). The van der Waals surface area contributed by atoms with Crippen LogP contribution in [-0.2, 0) is 9.47 Å². The summed E-state index contributed by atoms with van der Waals surface area (Å²) in [6.45, 7) is 13.6. The first-order valence-electron chi connectivity index (χ1n) is 7.93. The van der Waals surface area contributed by atoms with Crippen molar-refractivity contribution in [3.63, 3.8) is 0 Å². The fourth-order valence-electron chi connectivity index (χ4n) is 3.25. The second kappa shape index (κ2) is 8.93. The summed E-state index contributed by atoms with van der Waals surface area (Å²) in [7, 11) is 0. The topological polar surface area (TPSA) is 30.5 Å². The molecular formula is C16H33NO2. The molecule has 0 aromatic carbocycles. The van der Waals surface area contributed by atoms with Crippen molar-refractivity contribution in [2.24, 2.45) is 11.3 Å². The molecule has 114 valence electrons. The minimum absolute atomic E-state index is 0.452. The Hall–Kier alpha value is -0.120. The fraction of sp³-hybridized carbons (Fsp3) is 1.00. The molecule has 0 amide bonds. The maximum absolute atomic E-state index is 6.02. The Morgan fingerprint density at radius 2 is 1.95 bits per heavy atom. The molecule has 0 aromatic heterocycles. The van der Waals surface area contributed by atoms with Crippen LogP contribution in [0.4, 0.5) is 0 Å². The van der Waals surface area contributed by atoms with Gasteiger partial charge in [-0.2, -0.15) is 0 Å². The van der Waals surface area contributed by atoms with Gasteiger partial charge in [-0.15, -0.1) is 0 Å². The highest BCUT2D eigenvalue weighted by Crippen LogP contribution is 2.39. The smallest absolute Gasteiger partial charge is 0.0594 e. The summed E-state index contributed by atoms with van der Waals surface area (Å²) < 4.78 is 11.3. The summed E-state index contributed by atoms with van der Waals surface area (Å²) in [4.78, 5) is 0. The lowest BCUT2D eigenvalue weighted by Gasteiger charge is -2.38. The second-order valence-corrected chi connectivity index (χ2v) is 6.71. The molecule has 0 bridgehead atoms. The summed E-state index contributed by atoms with van der Waals surface area (Å²) in [5, 5.41) is 3.41. The molecule has 0 aromatic rings. The zero-order chi connectivity index (χ0) is 14.1. The zero-order valence-corrected chi connectivity index (χ0v) is 13.3. The van der Waals surface area contributed by atoms with Gasteiger partial charge in [0.05, 0.1) is 12.7 Å². The minimum Gasteiger partial charge on any atom is -0.382 e. The summed E-state index contributed by atoms with van der Waals surface area (Å²) >= 11 is 0. The van der Waals surface area contributed by atoms with Gasteiger partial charge in [0.15, 0.2) is 0 Å². The van der Waals surface area contributed by atoms with E-state index >= 15 is 0 Å². The lowest BCUT2D eigenvalue weighted by atomic mass is 9.71. The van der Waals surface area contributed by atoms with E-state index in [-0.39, 0.29) is 0 Å². The molecule has 0 saturated heterocycles. The molecule has 2 unspecified atom stereocenters. The van der Waals surface area contributed by atoms with E-state index in [1.54, 1.807) is 0 Å². The van der Waals surface area contributed by atoms with Crippen molar-refractivity contribution in [3.8, 4) is 0 Å². The molecule has 0 spiro atoms. The van der Waals surface area contributed by atoms with E-state index in [9.17, 15) is 0 Å². The molecule has 0 radical (unpaired) electrons. The van der Waals surface area contributed by atoms with Crippen molar-refractivity contribution in [1.29, 1.82) is 0 Å². The van der Waals surface area contributed by atoms with Gasteiger partial charge in [0.2, 0.25) is 0 Å². The number of hydrogen-bond acceptors (Lipinski definition) is 3. The molecule has 1 fully saturated rings. The average molecular weight is 271 g/mol. The van der Waals surface area contributed by atoms with E-state index in [1.165, 1.54) is 19.3 Å². The Morgan fingerprint density at radius 3 is 2.63 bits per heavy atom. The molecule has 3 heteroatoms. The molecular weight excluding hydrogens is 238 g/mol. The standard InChI is InChI=1S/C16H33NO2/c1-5-18-9-6-7-17-8-10-19-15-11-14(2)12-16(3,4)13-15/h14-15,17H,5-13H2,1-4H3. The number of rotatable bonds is 9. The first-order chi connectivity index (χ1) is 9.03. The van der Waals surface area contributed by atoms with Gasteiger partial charge in [-0.05, 0) is 50.5 Å². The van der Waals surface area contributed by atoms with Crippen LogP contribution in [0.3, 0.4) is 0 Å². The van der Waals surface area contributed by atoms with Gasteiger partial charge >= 0.3 is 0 Å². The molecule has 0 aliphatic heterocycles. The van der Waals surface area contributed by atoms with Crippen molar-refractivity contribution in [3.05, 3.63) is 0 Å². The molecule has 1 aliphatic rings. The maximum Gasteiger partial charge on any atom is 0.0594 e. The predicted octanol–water partition coefficient (Wildman–Crippen LogP) is 3.23. The summed E-state index contributed by atoms with van der Waals surface area (Å²) in [6, 6.07) is 0. The molecule has 1 aliphatic carbocycles. The third kappa shape index (κ3) is 7.91. The van der Waals surface area contributed by atoms with Crippen molar-refractivity contribution < 1.29 is 9.47 Å². The van der Waals surface area contributed by atoms with Gasteiger partial charge in [0, 0.05) is 19.8 Å². The van der Waals surface area contributed by atoms with Crippen molar-refractivity contribution in [1.82, 2.24) is 5.32 Å². The molecule has 0 heterocycles. The number of hydrogen-bond donors (Lipinski definition) is 1. The highest BCUT2D eigenvalue weighted by Gasteiger charge is 2.32. The van der Waals surface area contributed by atoms with Crippen molar-refractivity contribution in [2.75, 3.05) is 32.9 Å². The van der Waals surface area contributed by atoms with Gasteiger partial charge in [-0.1, -0.05) is 20.8 Å². The maximum atomic E-state index is 6.02. The van der Waals surface area contributed by atoms with Crippen LogP contribution in [0, 0.1) is 11.3 Å². The van der Waals surface area contributed by atoms with E-state index in [1.807, 2.05) is 6.92 Å².